The van der Waals surface area contributed by atoms with Crippen LogP contribution in [-0.2, 0) is 4.74 Å². The van der Waals surface area contributed by atoms with Gasteiger partial charge in [-0.25, -0.2) is 0 Å². The van der Waals surface area contributed by atoms with Gasteiger partial charge in [0.05, 0.1) is 13.2 Å². The van der Waals surface area contributed by atoms with Gasteiger partial charge in [-0.15, -0.1) is 0 Å². The van der Waals surface area contributed by atoms with Crippen LogP contribution in [0.15, 0.2) is 0 Å². The summed E-state index contributed by atoms with van der Waals surface area (Å²) in [6.07, 6.45) is 0. The van der Waals surface area contributed by atoms with E-state index in [1.165, 1.54) is 11.5 Å². The lowest BCUT2D eigenvalue weighted by Crippen LogP contribution is -2.38. The summed E-state index contributed by atoms with van der Waals surface area (Å²) < 4.78 is 9.41. The second kappa shape index (κ2) is 5.47. The molecule has 1 saturated heterocycles. The number of nitrogen functional groups attached to an aromatic ring is 1. The van der Waals surface area contributed by atoms with Crippen molar-refractivity contribution >= 4 is 22.4 Å². The first-order chi connectivity index (χ1) is 7.77. The lowest BCUT2D eigenvalue weighted by molar-refractivity contribution is 0.0398. The number of aromatic nitrogens is 1. The van der Waals surface area contributed by atoms with E-state index in [1.807, 2.05) is 6.92 Å². The lowest BCUT2D eigenvalue weighted by atomic mass is 10.3. The quantitative estimate of drug-likeness (QED) is 0.817. The summed E-state index contributed by atoms with van der Waals surface area (Å²) in [7, 11) is 0. The molecule has 2 heterocycles. The van der Waals surface area contributed by atoms with E-state index in [0.29, 0.717) is 5.82 Å². The van der Waals surface area contributed by atoms with Gasteiger partial charge in [-0.3, -0.25) is 4.90 Å². The van der Waals surface area contributed by atoms with Gasteiger partial charge in [0.1, 0.15) is 10.8 Å². The third-order valence-corrected chi connectivity index (χ3v) is 3.70. The van der Waals surface area contributed by atoms with Crippen LogP contribution in [0.2, 0.25) is 0 Å². The summed E-state index contributed by atoms with van der Waals surface area (Å²) in [5.41, 5.74) is 6.75. The number of nitrogens with zero attached hydrogens (tertiary/aromatic N) is 2. The molecule has 0 spiro atoms. The molecular formula is C10H18N4OS. The Hall–Kier alpha value is -0.850. The van der Waals surface area contributed by atoms with Crippen molar-refractivity contribution in [2.45, 2.75) is 6.92 Å². The number of rotatable bonds is 4. The van der Waals surface area contributed by atoms with Crippen LogP contribution in [0.1, 0.15) is 5.56 Å². The average molecular weight is 242 g/mol. The van der Waals surface area contributed by atoms with Crippen LogP contribution in [0, 0.1) is 6.92 Å². The Balaban J connectivity index is 1.73. The maximum Gasteiger partial charge on any atom is 0.142 e. The van der Waals surface area contributed by atoms with Crippen LogP contribution >= 0.6 is 11.5 Å². The molecule has 0 radical (unpaired) electrons. The summed E-state index contributed by atoms with van der Waals surface area (Å²) >= 11 is 1.43. The fourth-order valence-corrected chi connectivity index (χ4v) is 2.40. The van der Waals surface area contributed by atoms with Crippen molar-refractivity contribution < 1.29 is 4.74 Å². The second-order valence-corrected chi connectivity index (χ2v) is 4.68. The molecule has 0 aliphatic carbocycles. The number of anilines is 2. The first-order valence-electron chi connectivity index (χ1n) is 5.53. The summed E-state index contributed by atoms with van der Waals surface area (Å²) in [5, 5.41) is 4.46. The number of hydrogen-bond donors (Lipinski definition) is 2. The van der Waals surface area contributed by atoms with E-state index in [2.05, 4.69) is 14.6 Å². The molecule has 0 atom stereocenters. The first-order valence-corrected chi connectivity index (χ1v) is 6.30. The zero-order chi connectivity index (χ0) is 11.4. The van der Waals surface area contributed by atoms with Crippen molar-refractivity contribution in [3.8, 4) is 0 Å². The fraction of sp³-hybridized carbons (Fsp3) is 0.700. The molecule has 3 N–H and O–H groups in total. The van der Waals surface area contributed by atoms with E-state index in [1.54, 1.807) is 0 Å². The monoisotopic (exact) mass is 242 g/mol. The third-order valence-electron chi connectivity index (χ3n) is 2.78. The molecule has 0 amide bonds. The predicted molar refractivity (Wildman–Crippen MR) is 67.0 cm³/mol. The molecular weight excluding hydrogens is 224 g/mol. The summed E-state index contributed by atoms with van der Waals surface area (Å²) in [4.78, 5) is 2.40. The van der Waals surface area contributed by atoms with Crippen molar-refractivity contribution in [2.75, 3.05) is 50.4 Å². The van der Waals surface area contributed by atoms with E-state index in [9.17, 15) is 0 Å². The number of ether oxygens (including phenoxy) is 1. The second-order valence-electron chi connectivity index (χ2n) is 3.90. The van der Waals surface area contributed by atoms with Gasteiger partial charge in [0.15, 0.2) is 0 Å². The Kier molecular flexibility index (Phi) is 3.98. The van der Waals surface area contributed by atoms with Crippen LogP contribution in [0.3, 0.4) is 0 Å². The average Bonchev–Trinajstić information content (AvgIpc) is 2.62. The maximum absolute atomic E-state index is 5.69. The molecule has 2 rings (SSSR count). The van der Waals surface area contributed by atoms with Gasteiger partial charge in [0.2, 0.25) is 0 Å². The summed E-state index contributed by atoms with van der Waals surface area (Å²) in [6.45, 7) is 7.75. The van der Waals surface area contributed by atoms with Crippen molar-refractivity contribution in [3.05, 3.63) is 5.56 Å². The standard InChI is InChI=1S/C10H18N4OS/c1-8-9(11)13-16-10(8)12-2-3-14-4-6-15-7-5-14/h12H,2-7H2,1H3,(H2,11,13). The molecule has 1 aliphatic rings. The number of morpholine rings is 1. The minimum absolute atomic E-state index is 0.638. The molecule has 0 bridgehead atoms. The van der Waals surface area contributed by atoms with Gasteiger partial charge in [0.25, 0.3) is 0 Å². The lowest BCUT2D eigenvalue weighted by Gasteiger charge is -2.26. The van der Waals surface area contributed by atoms with E-state index in [-0.39, 0.29) is 0 Å². The molecule has 16 heavy (non-hydrogen) atoms. The third kappa shape index (κ3) is 2.84. The highest BCUT2D eigenvalue weighted by atomic mass is 32.1. The van der Waals surface area contributed by atoms with Crippen molar-refractivity contribution in [1.82, 2.24) is 9.27 Å². The van der Waals surface area contributed by atoms with Gasteiger partial charge < -0.3 is 15.8 Å². The molecule has 0 unspecified atom stereocenters. The zero-order valence-corrected chi connectivity index (χ0v) is 10.3. The number of hydrogen-bond acceptors (Lipinski definition) is 6. The molecule has 0 aromatic carbocycles. The minimum Gasteiger partial charge on any atom is -0.383 e. The Morgan fingerprint density at radius 1 is 1.50 bits per heavy atom. The highest BCUT2D eigenvalue weighted by Crippen LogP contribution is 2.24. The molecule has 1 aromatic heterocycles. The van der Waals surface area contributed by atoms with Gasteiger partial charge in [-0.2, -0.15) is 4.37 Å². The Morgan fingerprint density at radius 2 is 2.25 bits per heavy atom. The van der Waals surface area contributed by atoms with Crippen molar-refractivity contribution in [3.63, 3.8) is 0 Å². The van der Waals surface area contributed by atoms with E-state index < -0.39 is 0 Å². The van der Waals surface area contributed by atoms with Crippen LogP contribution in [0.5, 0.6) is 0 Å². The topological polar surface area (TPSA) is 63.4 Å². The largest absolute Gasteiger partial charge is 0.383 e. The van der Waals surface area contributed by atoms with Crippen molar-refractivity contribution in [2.24, 2.45) is 0 Å². The van der Waals surface area contributed by atoms with Crippen molar-refractivity contribution in [1.29, 1.82) is 0 Å². The maximum atomic E-state index is 5.69. The number of nitrogens with two attached hydrogens (primary N) is 1. The van der Waals surface area contributed by atoms with Crippen LogP contribution in [0.25, 0.3) is 0 Å². The molecule has 1 aliphatic heterocycles. The van der Waals surface area contributed by atoms with Gasteiger partial charge in [-0.05, 0) is 18.5 Å². The normalized spacial score (nSPS) is 17.6. The Labute approximate surface area is 99.7 Å². The predicted octanol–water partition coefficient (Wildman–Crippen LogP) is 0.778. The van der Waals surface area contributed by atoms with Gasteiger partial charge in [-0.1, -0.05) is 0 Å². The van der Waals surface area contributed by atoms with Crippen LogP contribution in [-0.4, -0.2) is 48.7 Å². The molecule has 0 saturated carbocycles. The Bertz CT molecular complexity index is 336. The number of nitrogens with one attached hydrogen (secondary N) is 1. The minimum atomic E-state index is 0.638. The molecule has 5 nitrogen and oxygen atoms in total. The highest BCUT2D eigenvalue weighted by molar-refractivity contribution is 7.10. The first kappa shape index (κ1) is 11.6. The van der Waals surface area contributed by atoms with Crippen LogP contribution < -0.4 is 11.1 Å². The summed E-state index contributed by atoms with van der Waals surface area (Å²) in [5.74, 6) is 0.638. The summed E-state index contributed by atoms with van der Waals surface area (Å²) in [6, 6.07) is 0. The molecule has 6 heteroatoms. The van der Waals surface area contributed by atoms with Crippen LogP contribution in [0.4, 0.5) is 10.8 Å². The van der Waals surface area contributed by atoms with Gasteiger partial charge >= 0.3 is 0 Å². The van der Waals surface area contributed by atoms with E-state index in [4.69, 9.17) is 10.5 Å². The fourth-order valence-electron chi connectivity index (χ4n) is 1.67. The molecule has 1 aromatic rings. The smallest absolute Gasteiger partial charge is 0.142 e. The van der Waals surface area contributed by atoms with E-state index in [0.717, 1.165) is 50.0 Å². The molecule has 90 valence electrons. The SMILES string of the molecule is Cc1c(N)nsc1NCCN1CCOCC1. The Morgan fingerprint density at radius 3 is 2.88 bits per heavy atom. The highest BCUT2D eigenvalue weighted by Gasteiger charge is 2.10. The zero-order valence-electron chi connectivity index (χ0n) is 9.53. The molecule has 1 fully saturated rings. The van der Waals surface area contributed by atoms with Gasteiger partial charge in [0, 0.05) is 31.7 Å². The van der Waals surface area contributed by atoms with E-state index >= 15 is 0 Å².